The molecule has 122 valence electrons. The third-order valence-corrected chi connectivity index (χ3v) is 4.10. The molecule has 0 aliphatic heterocycles. The Balaban J connectivity index is 1.84. The van der Waals surface area contributed by atoms with Gasteiger partial charge >= 0.3 is 6.18 Å². The molecule has 23 heavy (non-hydrogen) atoms. The Hall–Kier alpha value is -2.16. The van der Waals surface area contributed by atoms with Gasteiger partial charge < -0.3 is 5.32 Å². The first-order chi connectivity index (χ1) is 10.8. The lowest BCUT2D eigenvalue weighted by molar-refractivity contribution is -0.137. The summed E-state index contributed by atoms with van der Waals surface area (Å²) in [5, 5.41) is 8.84. The number of hydrogen-bond donors (Lipinski definition) is 2. The molecule has 2 aromatic heterocycles. The maximum absolute atomic E-state index is 12.6. The molecule has 1 saturated carbocycles. The molecule has 2 N–H and O–H groups in total. The van der Waals surface area contributed by atoms with Gasteiger partial charge in [0.2, 0.25) is 0 Å². The SMILES string of the molecule is O=C(NC1(c2ncn[nH]2)CCC1)c1ncc(C(F)(F)F)cc1Cl. The highest BCUT2D eigenvalue weighted by atomic mass is 35.5. The largest absolute Gasteiger partial charge is 0.417 e. The molecule has 0 unspecified atom stereocenters. The van der Waals surface area contributed by atoms with Crippen molar-refractivity contribution < 1.29 is 18.0 Å². The van der Waals surface area contributed by atoms with Crippen LogP contribution >= 0.6 is 11.6 Å². The molecule has 1 amide bonds. The number of aromatic nitrogens is 4. The number of halogens is 4. The van der Waals surface area contributed by atoms with E-state index in [4.69, 9.17) is 11.6 Å². The van der Waals surface area contributed by atoms with Gasteiger partial charge in [-0.2, -0.15) is 18.3 Å². The number of pyridine rings is 1. The van der Waals surface area contributed by atoms with Crippen LogP contribution < -0.4 is 5.32 Å². The maximum Gasteiger partial charge on any atom is 0.417 e. The molecule has 0 atom stereocenters. The van der Waals surface area contributed by atoms with Crippen LogP contribution in [0.2, 0.25) is 5.02 Å². The molecule has 2 aromatic rings. The minimum atomic E-state index is -4.57. The number of hydrogen-bond acceptors (Lipinski definition) is 4. The van der Waals surface area contributed by atoms with Gasteiger partial charge in [-0.15, -0.1) is 0 Å². The number of nitrogens with zero attached hydrogens (tertiary/aromatic N) is 3. The van der Waals surface area contributed by atoms with E-state index in [0.29, 0.717) is 30.9 Å². The number of carbonyl (C=O) groups excluding carboxylic acids is 1. The predicted molar refractivity (Wildman–Crippen MR) is 73.6 cm³/mol. The van der Waals surface area contributed by atoms with Crippen molar-refractivity contribution in [1.82, 2.24) is 25.5 Å². The van der Waals surface area contributed by atoms with E-state index in [2.05, 4.69) is 25.5 Å². The Morgan fingerprint density at radius 1 is 1.35 bits per heavy atom. The second kappa shape index (κ2) is 5.48. The summed E-state index contributed by atoms with van der Waals surface area (Å²) in [5.41, 5.74) is -1.97. The van der Waals surface area contributed by atoms with E-state index in [1.807, 2.05) is 0 Å². The summed E-state index contributed by atoms with van der Waals surface area (Å²) in [5.74, 6) is -0.153. The standard InChI is InChI=1S/C13H11ClF3N5O/c14-8-4-7(13(15,16)17)5-18-9(8)10(23)21-12(2-1-3-12)11-19-6-20-22-11/h4-6H,1-3H2,(H,21,23)(H,19,20,22). The third kappa shape index (κ3) is 2.88. The first-order valence-corrected chi connectivity index (χ1v) is 7.11. The van der Waals surface area contributed by atoms with Crippen molar-refractivity contribution in [3.8, 4) is 0 Å². The van der Waals surface area contributed by atoms with Crippen LogP contribution in [0.25, 0.3) is 0 Å². The maximum atomic E-state index is 12.6. The number of H-pyrrole nitrogens is 1. The highest BCUT2D eigenvalue weighted by Crippen LogP contribution is 2.39. The van der Waals surface area contributed by atoms with Crippen LogP contribution in [-0.2, 0) is 11.7 Å². The van der Waals surface area contributed by atoms with Gasteiger partial charge in [-0.25, -0.2) is 9.97 Å². The fourth-order valence-corrected chi connectivity index (χ4v) is 2.68. The second-order valence-corrected chi connectivity index (χ2v) is 5.68. The molecule has 1 aliphatic rings. The zero-order valence-electron chi connectivity index (χ0n) is 11.6. The minimum Gasteiger partial charge on any atom is -0.338 e. The second-order valence-electron chi connectivity index (χ2n) is 5.28. The lowest BCUT2D eigenvalue weighted by Gasteiger charge is -2.40. The van der Waals surface area contributed by atoms with Crippen LogP contribution in [-0.4, -0.2) is 26.1 Å². The summed E-state index contributed by atoms with van der Waals surface area (Å²) in [6.45, 7) is 0. The van der Waals surface area contributed by atoms with Gasteiger partial charge in [0.05, 0.1) is 16.1 Å². The topological polar surface area (TPSA) is 83.6 Å². The van der Waals surface area contributed by atoms with Crippen LogP contribution in [0.3, 0.4) is 0 Å². The third-order valence-electron chi connectivity index (χ3n) is 3.81. The number of aromatic amines is 1. The van der Waals surface area contributed by atoms with Crippen LogP contribution in [0.1, 0.15) is 41.1 Å². The van der Waals surface area contributed by atoms with E-state index in [0.717, 1.165) is 6.42 Å². The molecule has 1 fully saturated rings. The Morgan fingerprint density at radius 2 is 2.09 bits per heavy atom. The van der Waals surface area contributed by atoms with E-state index in [1.165, 1.54) is 6.33 Å². The Morgan fingerprint density at radius 3 is 2.57 bits per heavy atom. The van der Waals surface area contributed by atoms with Gasteiger partial charge in [0.1, 0.15) is 17.8 Å². The van der Waals surface area contributed by atoms with E-state index < -0.39 is 23.2 Å². The van der Waals surface area contributed by atoms with Gasteiger partial charge in [-0.05, 0) is 25.3 Å². The minimum absolute atomic E-state index is 0.259. The fourth-order valence-electron chi connectivity index (χ4n) is 2.42. The molecular formula is C13H11ClF3N5O. The molecule has 0 bridgehead atoms. The van der Waals surface area contributed by atoms with Gasteiger partial charge in [0, 0.05) is 6.20 Å². The highest BCUT2D eigenvalue weighted by Gasteiger charge is 2.43. The van der Waals surface area contributed by atoms with Gasteiger partial charge in [-0.3, -0.25) is 9.89 Å². The summed E-state index contributed by atoms with van der Waals surface area (Å²) in [4.78, 5) is 19.9. The number of carbonyl (C=O) groups is 1. The van der Waals surface area contributed by atoms with Crippen molar-refractivity contribution in [3.05, 3.63) is 40.7 Å². The zero-order valence-corrected chi connectivity index (χ0v) is 12.4. The average molecular weight is 346 g/mol. The van der Waals surface area contributed by atoms with E-state index in [9.17, 15) is 18.0 Å². The van der Waals surface area contributed by atoms with Crippen molar-refractivity contribution >= 4 is 17.5 Å². The molecular weight excluding hydrogens is 335 g/mol. The average Bonchev–Trinajstić information content (AvgIpc) is 2.95. The normalized spacial score (nSPS) is 16.7. The first-order valence-electron chi connectivity index (χ1n) is 6.73. The summed E-state index contributed by atoms with van der Waals surface area (Å²) in [6.07, 6.45) is -0.484. The smallest absolute Gasteiger partial charge is 0.338 e. The number of rotatable bonds is 3. The quantitative estimate of drug-likeness (QED) is 0.895. The van der Waals surface area contributed by atoms with Crippen LogP contribution in [0.5, 0.6) is 0 Å². The van der Waals surface area contributed by atoms with E-state index >= 15 is 0 Å². The van der Waals surface area contributed by atoms with Crippen molar-refractivity contribution in [1.29, 1.82) is 0 Å². The van der Waals surface area contributed by atoms with Crippen molar-refractivity contribution in [2.75, 3.05) is 0 Å². The van der Waals surface area contributed by atoms with Crippen molar-refractivity contribution in [3.63, 3.8) is 0 Å². The van der Waals surface area contributed by atoms with Crippen LogP contribution in [0.4, 0.5) is 13.2 Å². The summed E-state index contributed by atoms with van der Waals surface area (Å²) in [6, 6.07) is 0.686. The van der Waals surface area contributed by atoms with E-state index in [1.54, 1.807) is 0 Å². The Labute approximate surface area is 133 Å². The molecule has 0 saturated heterocycles. The number of nitrogens with one attached hydrogen (secondary N) is 2. The molecule has 3 rings (SSSR count). The monoisotopic (exact) mass is 345 g/mol. The summed E-state index contributed by atoms with van der Waals surface area (Å²) in [7, 11) is 0. The molecule has 0 spiro atoms. The summed E-state index contributed by atoms with van der Waals surface area (Å²) >= 11 is 5.79. The van der Waals surface area contributed by atoms with Crippen LogP contribution in [0, 0.1) is 0 Å². The van der Waals surface area contributed by atoms with Gasteiger partial charge in [0.25, 0.3) is 5.91 Å². The molecule has 1 aliphatic carbocycles. The lowest BCUT2D eigenvalue weighted by atomic mass is 9.76. The summed E-state index contributed by atoms with van der Waals surface area (Å²) < 4.78 is 37.8. The lowest BCUT2D eigenvalue weighted by Crippen LogP contribution is -2.51. The highest BCUT2D eigenvalue weighted by molar-refractivity contribution is 6.33. The van der Waals surface area contributed by atoms with Crippen LogP contribution in [0.15, 0.2) is 18.6 Å². The van der Waals surface area contributed by atoms with Gasteiger partial charge in [-0.1, -0.05) is 11.6 Å². The van der Waals surface area contributed by atoms with Crippen molar-refractivity contribution in [2.45, 2.75) is 31.0 Å². The molecule has 10 heteroatoms. The molecule has 6 nitrogen and oxygen atoms in total. The van der Waals surface area contributed by atoms with Crippen molar-refractivity contribution in [2.24, 2.45) is 0 Å². The van der Waals surface area contributed by atoms with Gasteiger partial charge in [0.15, 0.2) is 0 Å². The Bertz CT molecular complexity index is 728. The van der Waals surface area contributed by atoms with E-state index in [-0.39, 0.29) is 10.7 Å². The molecule has 0 radical (unpaired) electrons. The molecule has 2 heterocycles. The number of alkyl halides is 3. The first kappa shape index (κ1) is 15.7. The predicted octanol–water partition coefficient (Wildman–Crippen LogP) is 2.68. The fraction of sp³-hybridized carbons (Fsp3) is 0.385. The number of amides is 1. The zero-order chi connectivity index (χ0) is 16.7. The Kier molecular flexibility index (Phi) is 3.75. The molecule has 0 aromatic carbocycles.